The van der Waals surface area contributed by atoms with Crippen LogP contribution < -0.4 is 4.74 Å². The molecule has 6 nitrogen and oxygen atoms in total. The number of phenolic OH excluding ortho intramolecular Hbond substituents is 1. The van der Waals surface area contributed by atoms with Crippen molar-refractivity contribution in [3.8, 4) is 11.5 Å². The van der Waals surface area contributed by atoms with Gasteiger partial charge >= 0.3 is 6.18 Å². The van der Waals surface area contributed by atoms with Gasteiger partial charge in [-0.05, 0) is 74.2 Å². The molecule has 9 heteroatoms. The third kappa shape index (κ3) is 3.51. The predicted octanol–water partition coefficient (Wildman–Crippen LogP) is 4.37. The molecule has 3 unspecified atom stereocenters. The summed E-state index contributed by atoms with van der Waals surface area (Å²) in [5.74, 6) is -0.0545. The van der Waals surface area contributed by atoms with Crippen LogP contribution in [0.2, 0.25) is 0 Å². The lowest BCUT2D eigenvalue weighted by molar-refractivity contribution is -0.224. The van der Waals surface area contributed by atoms with E-state index in [1.165, 1.54) is 24.3 Å². The Balaban J connectivity index is 1.38. The largest absolute Gasteiger partial charge is 0.504 e. The molecule has 2 aliphatic heterocycles. The molecule has 1 spiro atoms. The topological polar surface area (TPSA) is 73.2 Å². The van der Waals surface area contributed by atoms with Crippen LogP contribution in [0.5, 0.6) is 11.5 Å². The van der Waals surface area contributed by atoms with Crippen molar-refractivity contribution in [1.29, 1.82) is 0 Å². The number of hydrogen-bond acceptors (Lipinski definition) is 5. The molecular weight excluding hydrogens is 509 g/mol. The van der Waals surface area contributed by atoms with E-state index >= 15 is 0 Å². The second-order valence-electron chi connectivity index (χ2n) is 11.5. The van der Waals surface area contributed by atoms with Crippen LogP contribution in [-0.4, -0.2) is 70.3 Å². The summed E-state index contributed by atoms with van der Waals surface area (Å²) in [5.41, 5.74) is -0.444. The Morgan fingerprint density at radius 1 is 1.28 bits per heavy atom. The number of benzene rings is 2. The quantitative estimate of drug-likeness (QED) is 0.562. The van der Waals surface area contributed by atoms with Crippen LogP contribution in [0, 0.1) is 5.92 Å². The molecule has 4 aliphatic rings. The molecular formula is C30H33F3N2O4. The third-order valence-electron chi connectivity index (χ3n) is 9.89. The molecule has 2 fully saturated rings. The third-order valence-corrected chi connectivity index (χ3v) is 9.89. The van der Waals surface area contributed by atoms with Gasteiger partial charge in [0, 0.05) is 24.7 Å². The zero-order chi connectivity index (χ0) is 27.9. The summed E-state index contributed by atoms with van der Waals surface area (Å²) < 4.78 is 46.0. The standard InChI is InChI=1S/C30H33F3N2O4/c1-4-19-16-21(35(3)24(37)11-8-17-6-5-7-20(14-17)30(31,32)33)27-28-12-13-34(2)23(29(19,28)38)15-18-9-10-22(36)26(39-27)25(18)28/h5-11,14,19,21,23,27,36,38H,4,12-13,15-16H2,1-3H3/b11-8+/t19?,21?,23-,27?,28+,29-/m1/s1. The molecule has 39 heavy (non-hydrogen) atoms. The number of likely N-dealkylation sites (tertiary alicyclic amines) is 1. The fourth-order valence-electron chi connectivity index (χ4n) is 8.06. The zero-order valence-corrected chi connectivity index (χ0v) is 22.2. The summed E-state index contributed by atoms with van der Waals surface area (Å²) in [4.78, 5) is 17.2. The van der Waals surface area contributed by atoms with E-state index in [1.807, 2.05) is 13.1 Å². The van der Waals surface area contributed by atoms with E-state index in [9.17, 15) is 28.2 Å². The highest BCUT2D eigenvalue weighted by molar-refractivity contribution is 5.92. The average molecular weight is 543 g/mol. The maximum Gasteiger partial charge on any atom is 0.416 e. The minimum absolute atomic E-state index is 0.0301. The van der Waals surface area contributed by atoms with Crippen LogP contribution in [0.15, 0.2) is 42.5 Å². The Labute approximate surface area is 225 Å². The molecule has 0 radical (unpaired) electrons. The van der Waals surface area contributed by atoms with Gasteiger partial charge in [0.2, 0.25) is 5.91 Å². The normalized spacial score (nSPS) is 33.1. The molecule has 1 saturated carbocycles. The molecule has 6 atom stereocenters. The zero-order valence-electron chi connectivity index (χ0n) is 22.2. The van der Waals surface area contributed by atoms with Gasteiger partial charge in [0.05, 0.1) is 22.6 Å². The number of carbonyl (C=O) groups is 1. The van der Waals surface area contributed by atoms with E-state index in [-0.39, 0.29) is 29.2 Å². The first kappa shape index (κ1) is 26.2. The molecule has 2 bridgehead atoms. The number of rotatable bonds is 4. The monoisotopic (exact) mass is 542 g/mol. The highest BCUT2D eigenvalue weighted by Crippen LogP contribution is 2.67. The number of aromatic hydroxyl groups is 1. The van der Waals surface area contributed by atoms with Crippen molar-refractivity contribution in [3.63, 3.8) is 0 Å². The first-order valence-corrected chi connectivity index (χ1v) is 13.5. The lowest BCUT2D eigenvalue weighted by Gasteiger charge is -2.66. The molecule has 2 N–H and O–H groups in total. The predicted molar refractivity (Wildman–Crippen MR) is 139 cm³/mol. The Kier molecular flexibility index (Phi) is 5.86. The second kappa shape index (κ2) is 8.73. The number of piperidine rings is 1. The number of phenols is 1. The minimum atomic E-state index is -4.47. The van der Waals surface area contributed by atoms with Crippen molar-refractivity contribution in [2.24, 2.45) is 5.92 Å². The number of aliphatic hydroxyl groups is 1. The SMILES string of the molecule is CCC1CC(N(C)C(=O)/C=C/c2cccc(C(F)(F)F)c2)C2Oc3c(O)ccc4c3[C@@]23CCN(C)[C@H](C4)[C@]13O. The van der Waals surface area contributed by atoms with Crippen LogP contribution in [0.3, 0.4) is 0 Å². The molecule has 2 aromatic rings. The summed E-state index contributed by atoms with van der Waals surface area (Å²) in [6.07, 6.45) is 0.137. The summed E-state index contributed by atoms with van der Waals surface area (Å²) in [6, 6.07) is 7.88. The van der Waals surface area contributed by atoms with Crippen molar-refractivity contribution in [3.05, 3.63) is 64.7 Å². The molecule has 1 amide bonds. The lowest BCUT2D eigenvalue weighted by atomic mass is 9.45. The summed E-state index contributed by atoms with van der Waals surface area (Å²) in [6.45, 7) is 2.80. The number of halogens is 3. The van der Waals surface area contributed by atoms with E-state index in [2.05, 4.69) is 11.8 Å². The maximum atomic E-state index is 13.4. The number of nitrogens with zero attached hydrogens (tertiary/aromatic N) is 2. The molecule has 2 aromatic carbocycles. The average Bonchev–Trinajstić information content (AvgIpc) is 3.26. The van der Waals surface area contributed by atoms with Crippen LogP contribution in [-0.2, 0) is 22.8 Å². The van der Waals surface area contributed by atoms with E-state index in [0.717, 1.165) is 29.8 Å². The van der Waals surface area contributed by atoms with E-state index in [0.29, 0.717) is 31.4 Å². The Hall–Kier alpha value is -3.04. The van der Waals surface area contributed by atoms with Crippen molar-refractivity contribution in [1.82, 2.24) is 9.80 Å². The van der Waals surface area contributed by atoms with Gasteiger partial charge in [0.25, 0.3) is 0 Å². The van der Waals surface area contributed by atoms with Gasteiger partial charge in [-0.2, -0.15) is 13.2 Å². The van der Waals surface area contributed by atoms with Gasteiger partial charge in [-0.15, -0.1) is 0 Å². The molecule has 2 heterocycles. The Bertz CT molecular complexity index is 1360. The Morgan fingerprint density at radius 3 is 2.77 bits per heavy atom. The number of hydrogen-bond donors (Lipinski definition) is 2. The summed E-state index contributed by atoms with van der Waals surface area (Å²) >= 11 is 0. The lowest BCUT2D eigenvalue weighted by Crippen LogP contribution is -2.80. The van der Waals surface area contributed by atoms with E-state index in [4.69, 9.17) is 4.74 Å². The highest BCUT2D eigenvalue weighted by Gasteiger charge is 2.75. The molecule has 2 aliphatic carbocycles. The van der Waals surface area contributed by atoms with Gasteiger partial charge < -0.3 is 24.7 Å². The molecule has 6 rings (SSSR count). The fraction of sp³-hybridized carbons (Fsp3) is 0.500. The van der Waals surface area contributed by atoms with Gasteiger partial charge in [-0.1, -0.05) is 31.5 Å². The van der Waals surface area contributed by atoms with Crippen molar-refractivity contribution >= 4 is 12.0 Å². The second-order valence-corrected chi connectivity index (χ2v) is 11.5. The maximum absolute atomic E-state index is 13.4. The summed E-state index contributed by atoms with van der Waals surface area (Å²) in [7, 11) is 3.72. The number of ether oxygens (including phenoxy) is 1. The van der Waals surface area contributed by atoms with Gasteiger partial charge in [-0.25, -0.2) is 0 Å². The van der Waals surface area contributed by atoms with Crippen LogP contribution >= 0.6 is 0 Å². The number of likely N-dealkylation sites (N-methyl/N-ethyl adjacent to an activating group) is 2. The van der Waals surface area contributed by atoms with Crippen molar-refractivity contribution in [2.75, 3.05) is 20.6 Å². The fourth-order valence-corrected chi connectivity index (χ4v) is 8.06. The highest BCUT2D eigenvalue weighted by atomic mass is 19.4. The Morgan fingerprint density at radius 2 is 2.05 bits per heavy atom. The first-order chi connectivity index (χ1) is 18.4. The smallest absolute Gasteiger partial charge is 0.416 e. The van der Waals surface area contributed by atoms with Gasteiger partial charge in [0.15, 0.2) is 11.5 Å². The van der Waals surface area contributed by atoms with E-state index in [1.54, 1.807) is 18.0 Å². The minimum Gasteiger partial charge on any atom is -0.504 e. The van der Waals surface area contributed by atoms with Crippen molar-refractivity contribution < 1.29 is 32.9 Å². The number of carbonyl (C=O) groups excluding carboxylic acids is 1. The van der Waals surface area contributed by atoms with E-state index < -0.39 is 34.9 Å². The van der Waals surface area contributed by atoms with Gasteiger partial charge in [-0.3, -0.25) is 4.79 Å². The van der Waals surface area contributed by atoms with Crippen LogP contribution in [0.1, 0.15) is 48.4 Å². The molecule has 1 saturated heterocycles. The molecule has 0 aromatic heterocycles. The number of amides is 1. The van der Waals surface area contributed by atoms with Gasteiger partial charge in [0.1, 0.15) is 6.10 Å². The number of alkyl halides is 3. The van der Waals surface area contributed by atoms with Crippen molar-refractivity contribution in [2.45, 2.75) is 68.0 Å². The molecule has 208 valence electrons. The summed E-state index contributed by atoms with van der Waals surface area (Å²) in [5, 5.41) is 23.5. The van der Waals surface area contributed by atoms with Crippen LogP contribution in [0.25, 0.3) is 6.08 Å². The first-order valence-electron chi connectivity index (χ1n) is 13.5. The van der Waals surface area contributed by atoms with Crippen LogP contribution in [0.4, 0.5) is 13.2 Å².